The minimum Gasteiger partial charge on any atom is -0.380 e. The van der Waals surface area contributed by atoms with Crippen LogP contribution in [-0.4, -0.2) is 98.7 Å². The number of carbonyl (C=O) groups is 5. The van der Waals surface area contributed by atoms with Gasteiger partial charge in [-0.05, 0) is 219 Å². The van der Waals surface area contributed by atoms with Gasteiger partial charge in [0.2, 0.25) is 29.5 Å². The molecule has 15 rings (SSSR count). The van der Waals surface area contributed by atoms with Crippen molar-refractivity contribution in [1.29, 1.82) is 0 Å². The van der Waals surface area contributed by atoms with Crippen LogP contribution in [0.5, 0.6) is 0 Å². The Bertz CT molecular complexity index is 5170. The van der Waals surface area contributed by atoms with Gasteiger partial charge in [0.05, 0.1) is 61.8 Å². The fourth-order valence-corrected chi connectivity index (χ4v) is 14.4. The van der Waals surface area contributed by atoms with Crippen LogP contribution >= 0.6 is 0 Å². The number of amides is 5. The molecule has 25 heteroatoms. The molecule has 11 aromatic rings. The Morgan fingerprint density at radius 2 is 0.842 bits per heavy atom. The molecule has 8 heterocycles. The van der Waals surface area contributed by atoms with Crippen molar-refractivity contribution in [1.82, 2.24) is 29.5 Å². The number of aromatic nitrogens is 6. The Labute approximate surface area is 663 Å². The van der Waals surface area contributed by atoms with E-state index in [4.69, 9.17) is 4.74 Å². The van der Waals surface area contributed by atoms with Crippen molar-refractivity contribution in [3.8, 4) is 0 Å². The number of carbonyl (C=O) groups excluding carboxylic acids is 5. The zero-order valence-electron chi connectivity index (χ0n) is 66.0. The van der Waals surface area contributed by atoms with Crippen LogP contribution in [0.4, 0.5) is 64.4 Å². The molecule has 5 amide bonds. The lowest BCUT2D eigenvalue weighted by molar-refractivity contribution is -0.330. The van der Waals surface area contributed by atoms with E-state index in [9.17, 15) is 37.1 Å². The average Bonchev–Trinajstić information content (AvgIpc) is 0.891. The van der Waals surface area contributed by atoms with Crippen molar-refractivity contribution in [3.63, 3.8) is 0 Å². The maximum atomic E-state index is 12.1. The molecule has 22 nitrogen and oxygen atoms in total. The maximum absolute atomic E-state index is 12.1. The number of ether oxygens (including phenoxy) is 2. The number of nitrogens with zero attached hydrogens (tertiary/aromatic N) is 10. The summed E-state index contributed by atoms with van der Waals surface area (Å²) in [6.45, 7) is 21.4. The van der Waals surface area contributed by atoms with Crippen molar-refractivity contribution < 1.29 is 46.6 Å². The number of alkyl halides is 3. The third kappa shape index (κ3) is 24.6. The number of hydrogen-bond acceptors (Lipinski definition) is 16. The van der Waals surface area contributed by atoms with E-state index in [0.29, 0.717) is 25.3 Å². The molecule has 0 saturated carbocycles. The van der Waals surface area contributed by atoms with Gasteiger partial charge in [-0.3, -0.25) is 43.7 Å². The number of benzene rings is 7. The molecule has 0 atom stereocenters. The Hall–Kier alpha value is -12.4. The Morgan fingerprint density at radius 1 is 0.421 bits per heavy atom. The predicted octanol–water partition coefficient (Wildman–Crippen LogP) is 16.3. The van der Waals surface area contributed by atoms with Crippen molar-refractivity contribution in [2.24, 2.45) is 0 Å². The topological polar surface area (TPSA) is 246 Å². The smallest absolute Gasteiger partial charge is 0.380 e. The maximum Gasteiger partial charge on any atom is 0.522 e. The van der Waals surface area contributed by atoms with E-state index in [-0.39, 0.29) is 29.5 Å². The highest BCUT2D eigenvalue weighted by Crippen LogP contribution is 2.36. The molecule has 7 aromatic carbocycles. The summed E-state index contributed by atoms with van der Waals surface area (Å²) in [7, 11) is 1.72. The summed E-state index contributed by atoms with van der Waals surface area (Å²) in [5.41, 5.74) is 24.2. The zero-order valence-corrected chi connectivity index (χ0v) is 66.0. The lowest BCUT2D eigenvalue weighted by Gasteiger charge is -2.32. The van der Waals surface area contributed by atoms with Crippen LogP contribution in [0.3, 0.4) is 0 Å². The van der Waals surface area contributed by atoms with Gasteiger partial charge in [0.25, 0.3) is 0 Å². The molecule has 0 aliphatic carbocycles. The number of hydrogen-bond donors (Lipinski definition) is 5. The van der Waals surface area contributed by atoms with Gasteiger partial charge in [0.15, 0.2) is 0 Å². The number of halogens is 3. The van der Waals surface area contributed by atoms with Crippen LogP contribution in [0.15, 0.2) is 195 Å². The van der Waals surface area contributed by atoms with Gasteiger partial charge in [0.1, 0.15) is 5.82 Å². The summed E-state index contributed by atoms with van der Waals surface area (Å²) in [6.07, 6.45) is 9.00. The molecule has 4 aliphatic rings. The van der Waals surface area contributed by atoms with E-state index < -0.39 is 13.0 Å². The van der Waals surface area contributed by atoms with E-state index >= 15 is 0 Å². The molecule has 0 fully saturated rings. The first-order valence-electron chi connectivity index (χ1n) is 38.1. The van der Waals surface area contributed by atoms with E-state index in [0.717, 1.165) is 169 Å². The second-order valence-electron chi connectivity index (χ2n) is 28.7. The van der Waals surface area contributed by atoms with Crippen LogP contribution < -0.4 is 46.2 Å². The molecule has 592 valence electrons. The summed E-state index contributed by atoms with van der Waals surface area (Å²) < 4.78 is 47.4. The number of fused-ring (bicyclic) bond motifs is 5. The van der Waals surface area contributed by atoms with Crippen LogP contribution in [0, 0.1) is 20.8 Å². The van der Waals surface area contributed by atoms with Gasteiger partial charge in [-0.25, -0.2) is 9.97 Å². The first kappa shape index (κ1) is 82.6. The van der Waals surface area contributed by atoms with Crippen LogP contribution in [0.2, 0.25) is 0 Å². The lowest BCUT2D eigenvalue weighted by atomic mass is 10.00. The fraction of sp³-hybridized carbons (Fsp3) is 0.303. The molecule has 0 spiro atoms. The van der Waals surface area contributed by atoms with E-state index in [1.54, 1.807) is 44.8 Å². The molecule has 0 bridgehead atoms. The zero-order chi connectivity index (χ0) is 80.8. The number of nitrogens with one attached hydrogen (secondary N) is 5. The molecule has 114 heavy (non-hydrogen) atoms. The summed E-state index contributed by atoms with van der Waals surface area (Å²) in [6, 6.07) is 55.9. The summed E-state index contributed by atoms with van der Waals surface area (Å²) in [5.74, 6) is 0.530. The predicted molar refractivity (Wildman–Crippen MR) is 444 cm³/mol. The number of pyridine rings is 1. The standard InChI is InChI=1S/C20H24N2O2.C19H19F3N2O2.C18H21N3O.C16H18N4O.C16H16N4O/c1-15(23)21-19-9-10-20-18(12-19)4-3-11-22(20)13-16-5-7-17(8-6-16)14-24-2;1-13(25)23-17-6-7-18-16(10-17)8-9-24(18)11-14-2-4-15(5-3-14)12-26-19(20,21)22;1-13-5-3-7-17(19-13)12-21-10-4-6-15-11-16(20-14(2)22)8-9-18(15)21;1-11-17-7-5-15(18-11)10-20-8-6-13-9-14(19-12(2)21)3-4-16(13)20;1-11-8-17-9-15(18-11)10-20-6-5-13-7-14(19-12(2)21)3-4-16(13)20/h5-10,12H,3-4,11,13-14H2,1-2H3,(H,21,23);2-7,10H,8-9,11-12H2,1H3,(H,23,25);3,5,7-9,11H,4,6,10,12H2,1-2H3,(H,20,22);3-5,7,9H,6,8,10H2,1-2H3,(H,19,21);3-9H,10H2,1-2H3,(H,19,21). The third-order valence-corrected chi connectivity index (χ3v) is 19.2. The monoisotopic (exact) mass is 1550 g/mol. The summed E-state index contributed by atoms with van der Waals surface area (Å²) in [5, 5.41) is 15.2. The van der Waals surface area contributed by atoms with E-state index in [2.05, 4.69) is 153 Å². The molecule has 0 unspecified atom stereocenters. The van der Waals surface area contributed by atoms with Gasteiger partial charge >= 0.3 is 6.36 Å². The Morgan fingerprint density at radius 3 is 1.30 bits per heavy atom. The molecule has 0 radical (unpaired) electrons. The van der Waals surface area contributed by atoms with E-state index in [1.165, 1.54) is 78.1 Å². The normalized spacial score (nSPS) is 13.0. The van der Waals surface area contributed by atoms with Crippen molar-refractivity contribution in [3.05, 3.63) is 273 Å². The first-order chi connectivity index (χ1) is 54.8. The number of aryl methyl sites for hydroxylation is 5. The summed E-state index contributed by atoms with van der Waals surface area (Å²) in [4.78, 5) is 86.9. The van der Waals surface area contributed by atoms with Gasteiger partial charge in [-0.2, -0.15) is 0 Å². The molecule has 0 saturated heterocycles. The Kier molecular flexibility index (Phi) is 28.4. The fourth-order valence-electron chi connectivity index (χ4n) is 14.4. The molecular weight excluding hydrogens is 1450 g/mol. The van der Waals surface area contributed by atoms with Gasteiger partial charge in [-0.15, -0.1) is 13.2 Å². The highest BCUT2D eigenvalue weighted by molar-refractivity contribution is 5.93. The number of methoxy groups -OCH3 is 1. The second-order valence-corrected chi connectivity index (χ2v) is 28.7. The molecule has 4 aromatic heterocycles. The van der Waals surface area contributed by atoms with Crippen LogP contribution in [0.1, 0.15) is 126 Å². The summed E-state index contributed by atoms with van der Waals surface area (Å²) >= 11 is 0. The average molecular weight is 1550 g/mol. The minimum absolute atomic E-state index is 0.0289. The van der Waals surface area contributed by atoms with Crippen LogP contribution in [-0.2, 0) is 105 Å². The van der Waals surface area contributed by atoms with Gasteiger partial charge in [0, 0.05) is 167 Å². The van der Waals surface area contributed by atoms with Gasteiger partial charge in [-0.1, -0.05) is 54.6 Å². The highest BCUT2D eigenvalue weighted by Gasteiger charge is 2.29. The Balaban J connectivity index is 0.000000141. The quantitative estimate of drug-likeness (QED) is 0.0505. The van der Waals surface area contributed by atoms with Crippen molar-refractivity contribution in [2.45, 2.75) is 146 Å². The van der Waals surface area contributed by atoms with Gasteiger partial charge < -0.3 is 55.5 Å². The SMILES string of the molecule is CC(=O)Nc1ccc2c(c1)CCCN2Cc1cccc(C)n1.CC(=O)Nc1ccc2c(c1)CCN2Cc1ccc(COC(F)(F)F)cc1.CC(=O)Nc1ccc2c(c1)CCN2Cc1ccnc(C)n1.CC(=O)Nc1ccc2c(ccn2Cc2cncc(C)n2)c1.COCc1ccc(CN2CCCc3cc(NC(C)=O)ccc32)cc1. The molecule has 5 N–H and O–H groups in total. The molecular formula is C89H98F3N15O7. The number of rotatable bonds is 19. The lowest BCUT2D eigenvalue weighted by Crippen LogP contribution is -2.29. The van der Waals surface area contributed by atoms with Crippen LogP contribution in [0.25, 0.3) is 10.9 Å². The van der Waals surface area contributed by atoms with Crippen molar-refractivity contribution in [2.75, 3.05) is 79.5 Å². The second kappa shape index (κ2) is 39.2. The molecule has 4 aliphatic heterocycles. The highest BCUT2D eigenvalue weighted by atomic mass is 19.4. The first-order valence-corrected chi connectivity index (χ1v) is 38.1. The minimum atomic E-state index is -4.62. The van der Waals surface area contributed by atoms with Crippen molar-refractivity contribution >= 4 is 91.6 Å². The largest absolute Gasteiger partial charge is 0.522 e. The third-order valence-electron chi connectivity index (χ3n) is 19.2. The van der Waals surface area contributed by atoms with E-state index in [1.807, 2.05) is 112 Å². The number of anilines is 9.